The summed E-state index contributed by atoms with van der Waals surface area (Å²) in [5.41, 5.74) is 11.9. The Balaban J connectivity index is 2.13. The van der Waals surface area contributed by atoms with Crippen LogP contribution in [0.4, 0.5) is 0 Å². The van der Waals surface area contributed by atoms with E-state index in [4.69, 9.17) is 11.5 Å². The number of benzene rings is 1. The summed E-state index contributed by atoms with van der Waals surface area (Å²) in [5, 5.41) is 29.1. The van der Waals surface area contributed by atoms with Crippen LogP contribution in [0.15, 0.2) is 36.8 Å². The second-order valence-electron chi connectivity index (χ2n) is 10.8. The number of amides is 5. The number of hydrogen-bond donors (Lipinski definition) is 9. The third kappa shape index (κ3) is 11.7. The van der Waals surface area contributed by atoms with E-state index in [1.54, 1.807) is 0 Å². The number of imidazole rings is 1. The summed E-state index contributed by atoms with van der Waals surface area (Å²) in [5.74, 6) is -5.22. The summed E-state index contributed by atoms with van der Waals surface area (Å²) in [6.07, 6.45) is 2.41. The molecule has 5 atom stereocenters. The van der Waals surface area contributed by atoms with Crippen molar-refractivity contribution in [2.24, 2.45) is 17.4 Å². The number of aromatic hydroxyl groups is 1. The molecule has 0 radical (unpaired) electrons. The highest BCUT2D eigenvalue weighted by Crippen LogP contribution is 2.12. The van der Waals surface area contributed by atoms with Gasteiger partial charge in [-0.2, -0.15) is 0 Å². The molecule has 0 saturated carbocycles. The van der Waals surface area contributed by atoms with Crippen molar-refractivity contribution in [1.29, 1.82) is 0 Å². The minimum Gasteiger partial charge on any atom is -0.508 e. The molecule has 240 valence electrons. The number of carboxylic acids is 1. The van der Waals surface area contributed by atoms with E-state index in [1.165, 1.54) is 43.7 Å². The second-order valence-corrected chi connectivity index (χ2v) is 10.8. The number of phenolic OH excluding ortho intramolecular Hbond substituents is 1. The fourth-order valence-corrected chi connectivity index (χ4v) is 4.13. The van der Waals surface area contributed by atoms with Gasteiger partial charge in [-0.05, 0) is 37.0 Å². The average molecular weight is 617 g/mol. The van der Waals surface area contributed by atoms with Crippen LogP contribution in [0.25, 0.3) is 0 Å². The highest BCUT2D eigenvalue weighted by molar-refractivity contribution is 5.96. The van der Waals surface area contributed by atoms with Crippen LogP contribution < -0.4 is 32.7 Å². The predicted molar refractivity (Wildman–Crippen MR) is 156 cm³/mol. The van der Waals surface area contributed by atoms with Crippen molar-refractivity contribution < 1.29 is 39.0 Å². The maximum atomic E-state index is 13.2. The van der Waals surface area contributed by atoms with Gasteiger partial charge < -0.3 is 47.9 Å². The molecule has 1 aromatic carbocycles. The molecular weight excluding hydrogens is 576 g/mol. The van der Waals surface area contributed by atoms with Gasteiger partial charge in [-0.3, -0.25) is 24.0 Å². The Kier molecular flexibility index (Phi) is 13.3. The van der Waals surface area contributed by atoms with Crippen molar-refractivity contribution >= 4 is 35.5 Å². The number of H-pyrrole nitrogens is 1. The first-order valence-corrected chi connectivity index (χ1v) is 13.9. The van der Waals surface area contributed by atoms with Crippen molar-refractivity contribution in [1.82, 2.24) is 31.2 Å². The molecule has 0 saturated heterocycles. The number of phenols is 1. The Labute approximate surface area is 253 Å². The molecule has 44 heavy (non-hydrogen) atoms. The summed E-state index contributed by atoms with van der Waals surface area (Å²) >= 11 is 0. The molecule has 0 bridgehead atoms. The maximum Gasteiger partial charge on any atom is 0.326 e. The molecule has 11 N–H and O–H groups in total. The Bertz CT molecular complexity index is 1300. The second kappa shape index (κ2) is 16.6. The Morgan fingerprint density at radius 2 is 1.43 bits per heavy atom. The predicted octanol–water partition coefficient (Wildman–Crippen LogP) is -1.81. The first-order chi connectivity index (χ1) is 20.7. The van der Waals surface area contributed by atoms with E-state index in [2.05, 4.69) is 31.2 Å². The van der Waals surface area contributed by atoms with E-state index < -0.39 is 72.1 Å². The van der Waals surface area contributed by atoms with Gasteiger partial charge in [0.15, 0.2) is 0 Å². The first-order valence-electron chi connectivity index (χ1n) is 13.9. The number of carboxylic acid groups (broad SMARTS) is 1. The van der Waals surface area contributed by atoms with Crippen LogP contribution >= 0.6 is 0 Å². The van der Waals surface area contributed by atoms with Crippen LogP contribution in [-0.4, -0.2) is 85.9 Å². The van der Waals surface area contributed by atoms with Gasteiger partial charge in [0.1, 0.15) is 29.9 Å². The fraction of sp³-hybridized carbons (Fsp3) is 0.464. The Morgan fingerprint density at radius 1 is 0.841 bits per heavy atom. The van der Waals surface area contributed by atoms with Crippen LogP contribution in [0.2, 0.25) is 0 Å². The van der Waals surface area contributed by atoms with Gasteiger partial charge >= 0.3 is 5.97 Å². The van der Waals surface area contributed by atoms with Gasteiger partial charge in [0.25, 0.3) is 0 Å². The number of rotatable bonds is 17. The topological polar surface area (TPSA) is 272 Å². The van der Waals surface area contributed by atoms with Crippen LogP contribution in [0.1, 0.15) is 44.9 Å². The van der Waals surface area contributed by atoms with Crippen LogP contribution in [0.3, 0.4) is 0 Å². The molecule has 0 aliphatic rings. The summed E-state index contributed by atoms with van der Waals surface area (Å²) in [6, 6.07) is -0.308. The molecule has 0 spiro atoms. The lowest BCUT2D eigenvalue weighted by atomic mass is 10.0. The molecule has 1 aromatic heterocycles. The normalized spacial score (nSPS) is 14.4. The third-order valence-corrected chi connectivity index (χ3v) is 6.45. The average Bonchev–Trinajstić information content (AvgIpc) is 3.45. The molecule has 0 unspecified atom stereocenters. The van der Waals surface area contributed by atoms with Crippen LogP contribution in [0, 0.1) is 5.92 Å². The number of primary amides is 1. The molecule has 2 aromatic rings. The Hall–Kier alpha value is -4.99. The summed E-state index contributed by atoms with van der Waals surface area (Å²) in [4.78, 5) is 81.6. The monoisotopic (exact) mass is 616 g/mol. The van der Waals surface area contributed by atoms with E-state index >= 15 is 0 Å². The summed E-state index contributed by atoms with van der Waals surface area (Å²) in [6.45, 7) is 5.00. The van der Waals surface area contributed by atoms with E-state index in [-0.39, 0.29) is 30.9 Å². The highest BCUT2D eigenvalue weighted by atomic mass is 16.4. The number of hydrogen-bond acceptors (Lipinski definition) is 9. The van der Waals surface area contributed by atoms with Crippen LogP contribution in [-0.2, 0) is 41.6 Å². The molecule has 5 amide bonds. The smallest absolute Gasteiger partial charge is 0.326 e. The summed E-state index contributed by atoms with van der Waals surface area (Å²) in [7, 11) is 0. The zero-order valence-electron chi connectivity index (χ0n) is 24.7. The van der Waals surface area contributed by atoms with Gasteiger partial charge in [-0.25, -0.2) is 9.78 Å². The lowest BCUT2D eigenvalue weighted by Gasteiger charge is -2.25. The number of nitrogens with two attached hydrogens (primary N) is 2. The van der Waals surface area contributed by atoms with Crippen molar-refractivity contribution in [3.8, 4) is 5.75 Å². The van der Waals surface area contributed by atoms with E-state index in [0.717, 1.165) is 0 Å². The maximum absolute atomic E-state index is 13.2. The number of aromatic nitrogens is 2. The molecule has 0 aliphatic carbocycles. The molecule has 16 nitrogen and oxygen atoms in total. The van der Waals surface area contributed by atoms with Crippen molar-refractivity contribution in [2.45, 2.75) is 76.7 Å². The minimum absolute atomic E-state index is 0.0106. The largest absolute Gasteiger partial charge is 0.508 e. The Morgan fingerprint density at radius 3 is 1.98 bits per heavy atom. The number of nitrogens with zero attached hydrogens (tertiary/aromatic N) is 1. The van der Waals surface area contributed by atoms with E-state index in [0.29, 0.717) is 11.3 Å². The zero-order chi connectivity index (χ0) is 33.0. The van der Waals surface area contributed by atoms with E-state index in [9.17, 15) is 39.0 Å². The quantitative estimate of drug-likeness (QED) is 0.0961. The van der Waals surface area contributed by atoms with Gasteiger partial charge in [0, 0.05) is 24.7 Å². The lowest BCUT2D eigenvalue weighted by Crippen LogP contribution is -2.58. The number of aliphatic carboxylic acids is 1. The number of carbonyl (C=O) groups is 6. The van der Waals surface area contributed by atoms with Crippen molar-refractivity contribution in [3.05, 3.63) is 48.0 Å². The number of nitrogens with one attached hydrogen (secondary N) is 5. The molecular formula is C28H40N8O8. The van der Waals surface area contributed by atoms with Gasteiger partial charge in [-0.1, -0.05) is 26.0 Å². The van der Waals surface area contributed by atoms with Gasteiger partial charge in [-0.15, -0.1) is 0 Å². The number of aromatic amines is 1. The molecule has 0 aliphatic heterocycles. The molecule has 0 fully saturated rings. The van der Waals surface area contributed by atoms with Crippen molar-refractivity contribution in [3.63, 3.8) is 0 Å². The standard InChI is InChI=1S/C28H40N8O8/c1-14(2)8-20(27(42)36-22(28(43)44)10-17-12-31-13-32-17)34-24(39)15(3)33-26(41)21(9-16-4-6-18(37)7-5-16)35-25(40)19(29)11-23(30)38/h4-7,12-15,19-22,37H,8-11,29H2,1-3H3,(H2,30,38)(H,31,32)(H,33,41)(H,34,39)(H,35,40)(H,36,42)(H,43,44)/t15-,19-,20-,21-,22-/m0/s1. The molecule has 2 rings (SSSR count). The van der Waals surface area contributed by atoms with Gasteiger partial charge in [0.05, 0.1) is 18.8 Å². The van der Waals surface area contributed by atoms with Crippen LogP contribution in [0.5, 0.6) is 5.75 Å². The first kappa shape index (κ1) is 35.2. The van der Waals surface area contributed by atoms with Gasteiger partial charge in [0.2, 0.25) is 29.5 Å². The molecule has 1 heterocycles. The SMILES string of the molecule is CC(C)C[C@H](NC(=O)[C@H](C)NC(=O)[C@H](Cc1ccc(O)cc1)NC(=O)[C@@H](N)CC(N)=O)C(=O)N[C@@H](Cc1cnc[nH]1)C(=O)O. The summed E-state index contributed by atoms with van der Waals surface area (Å²) < 4.78 is 0. The zero-order valence-corrected chi connectivity index (χ0v) is 24.7. The lowest BCUT2D eigenvalue weighted by molar-refractivity contribution is -0.142. The van der Waals surface area contributed by atoms with Crippen molar-refractivity contribution in [2.75, 3.05) is 0 Å². The minimum atomic E-state index is -1.32. The molecule has 16 heteroatoms. The highest BCUT2D eigenvalue weighted by Gasteiger charge is 2.31. The number of carbonyl (C=O) groups excluding carboxylic acids is 5. The van der Waals surface area contributed by atoms with E-state index in [1.807, 2.05) is 13.8 Å². The fourth-order valence-electron chi connectivity index (χ4n) is 4.13. The third-order valence-electron chi connectivity index (χ3n) is 6.45.